The summed E-state index contributed by atoms with van der Waals surface area (Å²) in [5.74, 6) is -0.0672. The van der Waals surface area contributed by atoms with Crippen LogP contribution in [0.5, 0.6) is 0 Å². The second-order valence-electron chi connectivity index (χ2n) is 5.07. The summed E-state index contributed by atoms with van der Waals surface area (Å²) in [5, 5.41) is 2.94. The smallest absolute Gasteiger partial charge is 0.251 e. The largest absolute Gasteiger partial charge is 0.399 e. The molecule has 3 heteroatoms. The number of carbonyl (C=O) groups excluding carboxylic acids is 1. The number of amides is 1. The highest BCUT2D eigenvalue weighted by molar-refractivity contribution is 5.96. The second kappa shape index (κ2) is 6.24. The molecule has 3 nitrogen and oxygen atoms in total. The fourth-order valence-electron chi connectivity index (χ4n) is 2.17. The van der Waals surface area contributed by atoms with Crippen LogP contribution in [0.1, 0.15) is 27.0 Å². The quantitative estimate of drug-likeness (QED) is 0.838. The van der Waals surface area contributed by atoms with Gasteiger partial charge in [-0.15, -0.1) is 0 Å². The van der Waals surface area contributed by atoms with Gasteiger partial charge >= 0.3 is 0 Å². The fraction of sp³-hybridized carbons (Fsp3) is 0.235. The van der Waals surface area contributed by atoms with E-state index in [1.54, 1.807) is 12.1 Å². The van der Waals surface area contributed by atoms with Gasteiger partial charge in [-0.05, 0) is 43.5 Å². The van der Waals surface area contributed by atoms with Crippen LogP contribution in [0.15, 0.2) is 42.5 Å². The molecule has 1 amide bonds. The molecule has 3 N–H and O–H groups in total. The number of benzene rings is 2. The number of nitrogens with one attached hydrogen (secondary N) is 1. The van der Waals surface area contributed by atoms with Crippen LogP contribution in [-0.4, -0.2) is 12.5 Å². The molecule has 0 atom stereocenters. The van der Waals surface area contributed by atoms with Crippen LogP contribution in [-0.2, 0) is 6.42 Å². The third-order valence-corrected chi connectivity index (χ3v) is 3.29. The average Bonchev–Trinajstić information content (AvgIpc) is 2.41. The molecule has 0 aliphatic carbocycles. The van der Waals surface area contributed by atoms with Gasteiger partial charge < -0.3 is 11.1 Å². The lowest BCUT2D eigenvalue weighted by Crippen LogP contribution is -2.26. The molecule has 0 radical (unpaired) electrons. The van der Waals surface area contributed by atoms with Gasteiger partial charge in [0.25, 0.3) is 5.91 Å². The molecular formula is C17H20N2O. The van der Waals surface area contributed by atoms with Crippen LogP contribution in [0, 0.1) is 13.8 Å². The Morgan fingerprint density at radius 3 is 2.70 bits per heavy atom. The summed E-state index contributed by atoms with van der Waals surface area (Å²) < 4.78 is 0. The fourth-order valence-corrected chi connectivity index (χ4v) is 2.17. The van der Waals surface area contributed by atoms with E-state index in [1.165, 1.54) is 11.1 Å². The number of nitrogens with two attached hydrogens (primary N) is 1. The lowest BCUT2D eigenvalue weighted by atomic mass is 10.1. The van der Waals surface area contributed by atoms with E-state index in [4.69, 9.17) is 5.73 Å². The van der Waals surface area contributed by atoms with E-state index in [-0.39, 0.29) is 5.91 Å². The standard InChI is InChI=1S/C17H20N2O/c1-12-4-3-5-14(10-12)8-9-19-17(20)16-11-15(18)7-6-13(16)2/h3-7,10-11H,8-9,18H2,1-2H3,(H,19,20). The Balaban J connectivity index is 1.94. The van der Waals surface area contributed by atoms with Crippen molar-refractivity contribution >= 4 is 11.6 Å². The first-order valence-electron chi connectivity index (χ1n) is 6.76. The number of rotatable bonds is 4. The van der Waals surface area contributed by atoms with E-state index in [2.05, 4.69) is 30.4 Å². The first kappa shape index (κ1) is 14.1. The Morgan fingerprint density at radius 2 is 1.95 bits per heavy atom. The molecule has 0 aliphatic rings. The van der Waals surface area contributed by atoms with Crippen LogP contribution >= 0.6 is 0 Å². The van der Waals surface area contributed by atoms with Crippen molar-refractivity contribution in [2.45, 2.75) is 20.3 Å². The Morgan fingerprint density at radius 1 is 1.15 bits per heavy atom. The number of hydrogen-bond acceptors (Lipinski definition) is 2. The SMILES string of the molecule is Cc1cccc(CCNC(=O)c2cc(N)ccc2C)c1. The van der Waals surface area contributed by atoms with Crippen LogP contribution < -0.4 is 11.1 Å². The third kappa shape index (κ3) is 3.60. The van der Waals surface area contributed by atoms with E-state index in [9.17, 15) is 4.79 Å². The van der Waals surface area contributed by atoms with Crippen LogP contribution in [0.4, 0.5) is 5.69 Å². The molecule has 0 fully saturated rings. The summed E-state index contributed by atoms with van der Waals surface area (Å²) in [7, 11) is 0. The molecule has 104 valence electrons. The number of nitrogen functional groups attached to an aromatic ring is 1. The van der Waals surface area contributed by atoms with Gasteiger partial charge in [0.05, 0.1) is 0 Å². The predicted octanol–water partition coefficient (Wildman–Crippen LogP) is 2.86. The zero-order valence-electron chi connectivity index (χ0n) is 11.9. The van der Waals surface area contributed by atoms with Crippen molar-refractivity contribution < 1.29 is 4.79 Å². The van der Waals surface area contributed by atoms with Crippen molar-refractivity contribution in [3.05, 3.63) is 64.7 Å². The molecule has 0 bridgehead atoms. The van der Waals surface area contributed by atoms with Crippen LogP contribution in [0.2, 0.25) is 0 Å². The summed E-state index contributed by atoms with van der Waals surface area (Å²) >= 11 is 0. The van der Waals surface area contributed by atoms with Gasteiger partial charge in [0, 0.05) is 17.8 Å². The van der Waals surface area contributed by atoms with Gasteiger partial charge in [0.1, 0.15) is 0 Å². The number of carbonyl (C=O) groups is 1. The van der Waals surface area contributed by atoms with Crippen LogP contribution in [0.3, 0.4) is 0 Å². The average molecular weight is 268 g/mol. The zero-order chi connectivity index (χ0) is 14.5. The highest BCUT2D eigenvalue weighted by atomic mass is 16.1. The molecule has 2 aromatic carbocycles. The van der Waals surface area contributed by atoms with Crippen molar-refractivity contribution in [2.75, 3.05) is 12.3 Å². The Kier molecular flexibility index (Phi) is 4.41. The Bertz CT molecular complexity index is 620. The molecule has 0 spiro atoms. The second-order valence-corrected chi connectivity index (χ2v) is 5.07. The number of anilines is 1. The van der Waals surface area contributed by atoms with E-state index in [1.807, 2.05) is 19.1 Å². The van der Waals surface area contributed by atoms with Gasteiger partial charge in [-0.25, -0.2) is 0 Å². The first-order valence-corrected chi connectivity index (χ1v) is 6.76. The molecule has 20 heavy (non-hydrogen) atoms. The van der Waals surface area contributed by atoms with Crippen LogP contribution in [0.25, 0.3) is 0 Å². The van der Waals surface area contributed by atoms with E-state index in [0.29, 0.717) is 17.8 Å². The van der Waals surface area contributed by atoms with Gasteiger partial charge in [-0.1, -0.05) is 35.9 Å². The van der Waals surface area contributed by atoms with Crippen molar-refractivity contribution in [2.24, 2.45) is 0 Å². The molecule has 0 aliphatic heterocycles. The molecule has 0 saturated carbocycles. The highest BCUT2D eigenvalue weighted by Gasteiger charge is 2.08. The van der Waals surface area contributed by atoms with Gasteiger partial charge in [-0.3, -0.25) is 4.79 Å². The molecule has 0 heterocycles. The van der Waals surface area contributed by atoms with Crippen molar-refractivity contribution in [1.29, 1.82) is 0 Å². The Labute approximate surface area is 119 Å². The molecule has 0 unspecified atom stereocenters. The zero-order valence-corrected chi connectivity index (χ0v) is 11.9. The summed E-state index contributed by atoms with van der Waals surface area (Å²) in [5.41, 5.74) is 10.4. The number of hydrogen-bond donors (Lipinski definition) is 2. The third-order valence-electron chi connectivity index (χ3n) is 3.29. The molecule has 2 aromatic rings. The lowest BCUT2D eigenvalue weighted by molar-refractivity contribution is 0.0953. The first-order chi connectivity index (χ1) is 9.56. The molecule has 0 saturated heterocycles. The topological polar surface area (TPSA) is 55.1 Å². The maximum Gasteiger partial charge on any atom is 0.251 e. The summed E-state index contributed by atoms with van der Waals surface area (Å²) in [6.45, 7) is 4.60. The minimum Gasteiger partial charge on any atom is -0.399 e. The highest BCUT2D eigenvalue weighted by Crippen LogP contribution is 2.12. The minimum atomic E-state index is -0.0672. The minimum absolute atomic E-state index is 0.0672. The van der Waals surface area contributed by atoms with Crippen molar-refractivity contribution in [3.8, 4) is 0 Å². The Hall–Kier alpha value is -2.29. The molecule has 2 rings (SSSR count). The predicted molar refractivity (Wildman–Crippen MR) is 82.8 cm³/mol. The summed E-state index contributed by atoms with van der Waals surface area (Å²) in [6, 6.07) is 13.7. The van der Waals surface area contributed by atoms with E-state index >= 15 is 0 Å². The number of aryl methyl sites for hydroxylation is 2. The maximum absolute atomic E-state index is 12.1. The van der Waals surface area contributed by atoms with E-state index in [0.717, 1.165) is 12.0 Å². The molecular weight excluding hydrogens is 248 g/mol. The van der Waals surface area contributed by atoms with Gasteiger partial charge in [-0.2, -0.15) is 0 Å². The van der Waals surface area contributed by atoms with E-state index < -0.39 is 0 Å². The summed E-state index contributed by atoms with van der Waals surface area (Å²) in [4.78, 5) is 12.1. The normalized spacial score (nSPS) is 10.3. The molecule has 0 aromatic heterocycles. The lowest BCUT2D eigenvalue weighted by Gasteiger charge is -2.09. The van der Waals surface area contributed by atoms with Gasteiger partial charge in [0.15, 0.2) is 0 Å². The summed E-state index contributed by atoms with van der Waals surface area (Å²) in [6.07, 6.45) is 0.828. The maximum atomic E-state index is 12.1. The van der Waals surface area contributed by atoms with Crippen molar-refractivity contribution in [3.63, 3.8) is 0 Å². The monoisotopic (exact) mass is 268 g/mol. The van der Waals surface area contributed by atoms with Gasteiger partial charge in [0.2, 0.25) is 0 Å². The van der Waals surface area contributed by atoms with Crippen molar-refractivity contribution in [1.82, 2.24) is 5.32 Å².